The number of carbonyl (C=O) groups is 2. The summed E-state index contributed by atoms with van der Waals surface area (Å²) in [4.78, 5) is 32.5. The largest absolute Gasteiger partial charge is 0.366 e. The van der Waals surface area contributed by atoms with Crippen LogP contribution in [0.2, 0.25) is 0 Å². The minimum Gasteiger partial charge on any atom is -0.366 e. The van der Waals surface area contributed by atoms with Crippen molar-refractivity contribution in [1.82, 2.24) is 9.97 Å². The summed E-state index contributed by atoms with van der Waals surface area (Å²) in [5.41, 5.74) is 7.76. The van der Waals surface area contributed by atoms with Crippen LogP contribution in [0.25, 0.3) is 10.6 Å². The molecule has 0 spiro atoms. The van der Waals surface area contributed by atoms with Crippen LogP contribution < -0.4 is 11.1 Å². The number of carbonyl (C=O) groups excluding carboxylic acids is 2. The fraction of sp³-hybridized carbons (Fsp3) is 0.0588. The molecule has 120 valence electrons. The van der Waals surface area contributed by atoms with Gasteiger partial charge in [0.25, 0.3) is 5.91 Å². The van der Waals surface area contributed by atoms with E-state index in [0.717, 1.165) is 10.6 Å². The molecule has 0 fully saturated rings. The van der Waals surface area contributed by atoms with Crippen molar-refractivity contribution >= 4 is 28.8 Å². The molecular formula is C17H14N4O2S. The molecule has 1 aromatic carbocycles. The number of hydrogen-bond donors (Lipinski definition) is 2. The van der Waals surface area contributed by atoms with Gasteiger partial charge in [-0.2, -0.15) is 0 Å². The average molecular weight is 338 g/mol. The highest BCUT2D eigenvalue weighted by Gasteiger charge is 2.16. The van der Waals surface area contributed by atoms with E-state index in [9.17, 15) is 9.59 Å². The number of amides is 2. The van der Waals surface area contributed by atoms with Crippen LogP contribution in [0.3, 0.4) is 0 Å². The second-order valence-electron chi connectivity index (χ2n) is 5.07. The molecule has 7 heteroatoms. The number of nitrogens with two attached hydrogens (primary N) is 1. The zero-order valence-corrected chi connectivity index (χ0v) is 13.6. The highest BCUT2D eigenvalue weighted by Crippen LogP contribution is 2.28. The number of primary amides is 1. The lowest BCUT2D eigenvalue weighted by Crippen LogP contribution is -2.13. The maximum atomic E-state index is 12.5. The minimum absolute atomic E-state index is 0.239. The normalized spacial score (nSPS) is 10.4. The molecule has 24 heavy (non-hydrogen) atoms. The van der Waals surface area contributed by atoms with Crippen molar-refractivity contribution < 1.29 is 9.59 Å². The van der Waals surface area contributed by atoms with Gasteiger partial charge < -0.3 is 11.1 Å². The van der Waals surface area contributed by atoms with E-state index in [4.69, 9.17) is 5.73 Å². The van der Waals surface area contributed by atoms with Crippen molar-refractivity contribution in [2.24, 2.45) is 5.73 Å². The quantitative estimate of drug-likeness (QED) is 0.764. The zero-order valence-electron chi connectivity index (χ0n) is 12.8. The number of thiazole rings is 1. The van der Waals surface area contributed by atoms with E-state index < -0.39 is 5.91 Å². The second-order valence-corrected chi connectivity index (χ2v) is 6.06. The summed E-state index contributed by atoms with van der Waals surface area (Å²) in [6.45, 7) is 1.80. The van der Waals surface area contributed by atoms with E-state index in [1.165, 1.54) is 11.3 Å². The van der Waals surface area contributed by atoms with Crippen molar-refractivity contribution in [2.45, 2.75) is 6.92 Å². The molecule has 3 rings (SSSR count). The van der Waals surface area contributed by atoms with Gasteiger partial charge in [-0.1, -0.05) is 0 Å². The second kappa shape index (κ2) is 6.59. The van der Waals surface area contributed by atoms with Gasteiger partial charge in [-0.15, -0.1) is 11.3 Å². The number of rotatable bonds is 4. The number of nitrogens with one attached hydrogen (secondary N) is 1. The third-order valence-electron chi connectivity index (χ3n) is 3.36. The number of aryl methyl sites for hydroxylation is 1. The summed E-state index contributed by atoms with van der Waals surface area (Å²) >= 11 is 1.32. The molecule has 0 saturated heterocycles. The summed E-state index contributed by atoms with van der Waals surface area (Å²) < 4.78 is 0. The van der Waals surface area contributed by atoms with Crippen LogP contribution in [0.4, 0.5) is 5.69 Å². The van der Waals surface area contributed by atoms with Crippen LogP contribution in [0.5, 0.6) is 0 Å². The Morgan fingerprint density at radius 2 is 1.75 bits per heavy atom. The predicted octanol–water partition coefficient (Wildman–Crippen LogP) is 2.86. The molecule has 0 saturated carbocycles. The van der Waals surface area contributed by atoms with Crippen molar-refractivity contribution in [3.63, 3.8) is 0 Å². The van der Waals surface area contributed by atoms with Crippen LogP contribution in [0.15, 0.2) is 48.8 Å². The van der Waals surface area contributed by atoms with E-state index in [-0.39, 0.29) is 5.91 Å². The van der Waals surface area contributed by atoms with Crippen LogP contribution in [-0.2, 0) is 0 Å². The highest BCUT2D eigenvalue weighted by atomic mass is 32.1. The fourth-order valence-corrected chi connectivity index (χ4v) is 3.10. The molecule has 0 aliphatic heterocycles. The van der Waals surface area contributed by atoms with Gasteiger partial charge in [-0.25, -0.2) is 4.98 Å². The Labute approximate surface area is 142 Å². The first-order valence-corrected chi connectivity index (χ1v) is 7.95. The summed E-state index contributed by atoms with van der Waals surface area (Å²) in [5.74, 6) is -0.745. The number of nitrogens with zero attached hydrogens (tertiary/aromatic N) is 2. The Kier molecular flexibility index (Phi) is 4.35. The molecule has 3 N–H and O–H groups in total. The van der Waals surface area contributed by atoms with E-state index in [1.807, 2.05) is 12.1 Å². The Morgan fingerprint density at radius 1 is 1.08 bits per heavy atom. The Balaban J connectivity index is 1.80. The van der Waals surface area contributed by atoms with Crippen LogP contribution in [0, 0.1) is 6.92 Å². The maximum absolute atomic E-state index is 12.5. The smallest absolute Gasteiger partial charge is 0.267 e. The van der Waals surface area contributed by atoms with Gasteiger partial charge in [0, 0.05) is 29.2 Å². The third kappa shape index (κ3) is 3.31. The van der Waals surface area contributed by atoms with Crippen LogP contribution >= 0.6 is 11.3 Å². The summed E-state index contributed by atoms with van der Waals surface area (Å²) in [5, 5.41) is 3.56. The van der Waals surface area contributed by atoms with Gasteiger partial charge in [0.15, 0.2) is 0 Å². The number of aromatic nitrogens is 2. The molecule has 2 aromatic heterocycles. The first-order chi connectivity index (χ1) is 11.5. The first kappa shape index (κ1) is 15.8. The summed E-state index contributed by atoms with van der Waals surface area (Å²) in [7, 11) is 0. The minimum atomic E-state index is -0.506. The zero-order chi connectivity index (χ0) is 17.1. The van der Waals surface area contributed by atoms with E-state index in [0.29, 0.717) is 21.8 Å². The number of pyridine rings is 1. The van der Waals surface area contributed by atoms with Crippen LogP contribution in [0.1, 0.15) is 25.7 Å². The maximum Gasteiger partial charge on any atom is 0.267 e. The summed E-state index contributed by atoms with van der Waals surface area (Å²) in [6.07, 6.45) is 3.37. The molecule has 6 nitrogen and oxygen atoms in total. The molecule has 2 amide bonds. The van der Waals surface area contributed by atoms with Gasteiger partial charge in [0.2, 0.25) is 5.91 Å². The van der Waals surface area contributed by atoms with Gasteiger partial charge in [0.1, 0.15) is 9.88 Å². The van der Waals surface area contributed by atoms with Gasteiger partial charge in [-0.05, 0) is 43.3 Å². The van der Waals surface area contributed by atoms with Crippen LogP contribution in [-0.4, -0.2) is 21.8 Å². The summed E-state index contributed by atoms with van der Waals surface area (Å²) in [6, 6.07) is 10.1. The van der Waals surface area contributed by atoms with Gasteiger partial charge in [-0.3, -0.25) is 14.6 Å². The third-order valence-corrected chi connectivity index (χ3v) is 4.56. The molecule has 0 aliphatic rings. The van der Waals surface area contributed by atoms with E-state index in [1.54, 1.807) is 43.6 Å². The Morgan fingerprint density at radius 3 is 2.38 bits per heavy atom. The lowest BCUT2D eigenvalue weighted by atomic mass is 10.2. The van der Waals surface area contributed by atoms with E-state index in [2.05, 4.69) is 15.3 Å². The van der Waals surface area contributed by atoms with Crippen molar-refractivity contribution in [3.05, 3.63) is 64.9 Å². The Bertz CT molecular complexity index is 889. The predicted molar refractivity (Wildman–Crippen MR) is 93.0 cm³/mol. The van der Waals surface area contributed by atoms with Gasteiger partial charge in [0.05, 0.1) is 5.69 Å². The molecular weight excluding hydrogens is 324 g/mol. The number of benzene rings is 1. The molecule has 0 unspecified atom stereocenters. The molecule has 0 atom stereocenters. The van der Waals surface area contributed by atoms with Crippen molar-refractivity contribution in [2.75, 3.05) is 5.32 Å². The number of anilines is 1. The Hall–Kier alpha value is -3.06. The highest BCUT2D eigenvalue weighted by molar-refractivity contribution is 7.17. The first-order valence-electron chi connectivity index (χ1n) is 7.13. The lowest BCUT2D eigenvalue weighted by molar-refractivity contribution is 0.0998. The SMILES string of the molecule is Cc1nc(-c2ccncc2)sc1C(=O)Nc1ccc(C(N)=O)cc1. The van der Waals surface area contributed by atoms with Gasteiger partial charge >= 0.3 is 0 Å². The molecule has 2 heterocycles. The molecule has 3 aromatic rings. The van der Waals surface area contributed by atoms with E-state index >= 15 is 0 Å². The standard InChI is InChI=1S/C17H14N4O2S/c1-10-14(24-17(20-10)12-6-8-19-9-7-12)16(23)21-13-4-2-11(3-5-13)15(18)22/h2-9H,1H3,(H2,18,22)(H,21,23). The monoisotopic (exact) mass is 338 g/mol. The average Bonchev–Trinajstić information content (AvgIpc) is 2.98. The van der Waals surface area contributed by atoms with Crippen molar-refractivity contribution in [3.8, 4) is 10.6 Å². The van der Waals surface area contributed by atoms with Crippen molar-refractivity contribution in [1.29, 1.82) is 0 Å². The lowest BCUT2D eigenvalue weighted by Gasteiger charge is -2.04. The molecule has 0 aliphatic carbocycles. The fourth-order valence-electron chi connectivity index (χ4n) is 2.13. The molecule has 0 radical (unpaired) electrons. The number of hydrogen-bond acceptors (Lipinski definition) is 5. The topological polar surface area (TPSA) is 98.0 Å². The molecule has 0 bridgehead atoms.